The summed E-state index contributed by atoms with van der Waals surface area (Å²) in [4.78, 5) is 49.9. The molecule has 4 amide bonds. The lowest BCUT2D eigenvalue weighted by molar-refractivity contribution is -0.136. The number of benzene rings is 1. The number of carbonyl (C=O) groups excluding carboxylic acids is 4. The summed E-state index contributed by atoms with van der Waals surface area (Å²) in [7, 11) is 0. The van der Waals surface area contributed by atoms with E-state index in [-0.39, 0.29) is 29.9 Å². The number of amides is 4. The molecule has 0 bridgehead atoms. The highest BCUT2D eigenvalue weighted by Gasteiger charge is 2.45. The second kappa shape index (κ2) is 7.52. The van der Waals surface area contributed by atoms with Gasteiger partial charge in [-0.05, 0) is 25.0 Å². The molecule has 3 rings (SSSR count). The molecule has 134 valence electrons. The Balaban J connectivity index is 1.87. The van der Waals surface area contributed by atoms with Gasteiger partial charge in [0.05, 0.1) is 11.1 Å². The number of carbonyl (C=O) groups is 4. The molecule has 1 aromatic rings. The normalized spacial score (nSPS) is 19.1. The van der Waals surface area contributed by atoms with Gasteiger partial charge in [-0.1, -0.05) is 37.7 Å². The number of nitrogens with one attached hydrogen (secondary N) is 1. The summed E-state index contributed by atoms with van der Waals surface area (Å²) in [5, 5.41) is 2.19. The van der Waals surface area contributed by atoms with E-state index in [1.165, 1.54) is 0 Å². The van der Waals surface area contributed by atoms with Crippen LogP contribution in [0.1, 0.15) is 71.7 Å². The summed E-state index contributed by atoms with van der Waals surface area (Å²) in [6.45, 7) is 2.12. The summed E-state index contributed by atoms with van der Waals surface area (Å²) in [6.07, 6.45) is 4.19. The molecule has 0 aliphatic carbocycles. The number of piperidine rings is 1. The first-order chi connectivity index (χ1) is 12.5. The van der Waals surface area contributed by atoms with Crippen molar-refractivity contribution < 1.29 is 19.2 Å². The molecular formula is C20H20N2O4. The zero-order valence-electron chi connectivity index (χ0n) is 14.6. The Morgan fingerprint density at radius 3 is 2.69 bits per heavy atom. The first-order valence-corrected chi connectivity index (χ1v) is 8.88. The maximum atomic E-state index is 12.9. The minimum Gasteiger partial charge on any atom is -0.295 e. The average Bonchev–Trinajstić information content (AvgIpc) is 2.87. The topological polar surface area (TPSA) is 83.6 Å². The molecule has 1 aromatic carbocycles. The Hall–Kier alpha value is -2.94. The number of fused-ring (bicyclic) bond motifs is 1. The molecule has 0 spiro atoms. The molecule has 1 fully saturated rings. The van der Waals surface area contributed by atoms with E-state index in [9.17, 15) is 19.2 Å². The van der Waals surface area contributed by atoms with Crippen LogP contribution in [0, 0.1) is 11.8 Å². The standard InChI is InChI=1S/C20H20N2O4/c1-2-3-4-5-6-8-13-9-7-10-14-17(13)20(26)22(19(14)25)15-11-12-16(23)21-18(15)24/h7,9-10,15H,2-5,11-12H2,1H3,(H,21,23,24). The van der Waals surface area contributed by atoms with Crippen molar-refractivity contribution in [1.29, 1.82) is 0 Å². The van der Waals surface area contributed by atoms with Crippen molar-refractivity contribution in [2.75, 3.05) is 0 Å². The minimum atomic E-state index is -0.953. The lowest BCUT2D eigenvalue weighted by Crippen LogP contribution is -2.54. The van der Waals surface area contributed by atoms with Gasteiger partial charge in [-0.3, -0.25) is 29.4 Å². The Kier molecular flexibility index (Phi) is 5.17. The molecular weight excluding hydrogens is 332 g/mol. The van der Waals surface area contributed by atoms with Crippen molar-refractivity contribution in [3.8, 4) is 11.8 Å². The number of imide groups is 2. The smallest absolute Gasteiger partial charge is 0.263 e. The number of unbranched alkanes of at least 4 members (excludes halogenated alkanes) is 3. The maximum absolute atomic E-state index is 12.9. The second-order valence-electron chi connectivity index (χ2n) is 6.43. The summed E-state index contributed by atoms with van der Waals surface area (Å²) in [6, 6.07) is 4.02. The van der Waals surface area contributed by atoms with Crippen LogP contribution in [0.25, 0.3) is 0 Å². The number of rotatable bonds is 4. The van der Waals surface area contributed by atoms with Crippen molar-refractivity contribution in [1.82, 2.24) is 10.2 Å². The average molecular weight is 352 g/mol. The van der Waals surface area contributed by atoms with Gasteiger partial charge in [0.1, 0.15) is 6.04 Å². The van der Waals surface area contributed by atoms with E-state index < -0.39 is 23.8 Å². The molecule has 0 aromatic heterocycles. The van der Waals surface area contributed by atoms with E-state index in [2.05, 4.69) is 24.1 Å². The molecule has 6 nitrogen and oxygen atoms in total. The summed E-state index contributed by atoms with van der Waals surface area (Å²) >= 11 is 0. The van der Waals surface area contributed by atoms with Gasteiger partial charge in [0.25, 0.3) is 11.8 Å². The molecule has 1 saturated heterocycles. The third-order valence-corrected chi connectivity index (χ3v) is 4.60. The molecule has 2 heterocycles. The number of nitrogens with zero attached hydrogens (tertiary/aromatic N) is 1. The van der Waals surface area contributed by atoms with Gasteiger partial charge in [0.2, 0.25) is 11.8 Å². The van der Waals surface area contributed by atoms with Crippen molar-refractivity contribution in [3.05, 3.63) is 34.9 Å². The van der Waals surface area contributed by atoms with Crippen LogP contribution in [0.4, 0.5) is 0 Å². The number of hydrogen-bond donors (Lipinski definition) is 1. The van der Waals surface area contributed by atoms with Gasteiger partial charge in [-0.2, -0.15) is 0 Å². The summed E-state index contributed by atoms with van der Waals surface area (Å²) < 4.78 is 0. The summed E-state index contributed by atoms with van der Waals surface area (Å²) in [5.41, 5.74) is 1.03. The largest absolute Gasteiger partial charge is 0.295 e. The van der Waals surface area contributed by atoms with Crippen molar-refractivity contribution >= 4 is 23.6 Å². The Morgan fingerprint density at radius 2 is 1.96 bits per heavy atom. The van der Waals surface area contributed by atoms with Gasteiger partial charge < -0.3 is 0 Å². The second-order valence-corrected chi connectivity index (χ2v) is 6.43. The van der Waals surface area contributed by atoms with E-state index >= 15 is 0 Å². The van der Waals surface area contributed by atoms with Crippen molar-refractivity contribution in [3.63, 3.8) is 0 Å². The fraction of sp³-hybridized carbons (Fsp3) is 0.400. The Labute approximate surface area is 151 Å². The third kappa shape index (κ3) is 3.25. The Bertz CT molecular complexity index is 847. The predicted molar refractivity (Wildman–Crippen MR) is 94.1 cm³/mol. The summed E-state index contributed by atoms with van der Waals surface area (Å²) in [5.74, 6) is 4.03. The third-order valence-electron chi connectivity index (χ3n) is 4.60. The van der Waals surface area contributed by atoms with Crippen LogP contribution in [-0.2, 0) is 9.59 Å². The van der Waals surface area contributed by atoms with Crippen LogP contribution < -0.4 is 5.32 Å². The first-order valence-electron chi connectivity index (χ1n) is 8.88. The highest BCUT2D eigenvalue weighted by Crippen LogP contribution is 2.29. The Morgan fingerprint density at radius 1 is 1.15 bits per heavy atom. The monoisotopic (exact) mass is 352 g/mol. The zero-order valence-corrected chi connectivity index (χ0v) is 14.6. The minimum absolute atomic E-state index is 0.105. The van der Waals surface area contributed by atoms with E-state index in [1.807, 2.05) is 0 Å². The molecule has 1 atom stereocenters. The quantitative estimate of drug-likeness (QED) is 0.510. The van der Waals surface area contributed by atoms with Gasteiger partial charge in [-0.25, -0.2) is 0 Å². The fourth-order valence-electron chi connectivity index (χ4n) is 3.24. The molecule has 0 saturated carbocycles. The lowest BCUT2D eigenvalue weighted by Gasteiger charge is -2.27. The van der Waals surface area contributed by atoms with E-state index in [1.54, 1.807) is 18.2 Å². The van der Waals surface area contributed by atoms with E-state index in [0.717, 1.165) is 30.6 Å². The highest BCUT2D eigenvalue weighted by atomic mass is 16.2. The zero-order chi connectivity index (χ0) is 18.7. The molecule has 2 aliphatic rings. The van der Waals surface area contributed by atoms with Crippen molar-refractivity contribution in [2.24, 2.45) is 0 Å². The molecule has 1 unspecified atom stereocenters. The van der Waals surface area contributed by atoms with E-state index in [0.29, 0.717) is 5.56 Å². The predicted octanol–water partition coefficient (Wildman–Crippen LogP) is 2.02. The molecule has 1 N–H and O–H groups in total. The van der Waals surface area contributed by atoms with Crippen LogP contribution in [-0.4, -0.2) is 34.6 Å². The van der Waals surface area contributed by atoms with Gasteiger partial charge in [0, 0.05) is 18.4 Å². The van der Waals surface area contributed by atoms with Gasteiger partial charge in [-0.15, -0.1) is 0 Å². The fourth-order valence-corrected chi connectivity index (χ4v) is 3.24. The van der Waals surface area contributed by atoms with Crippen molar-refractivity contribution in [2.45, 2.75) is 51.5 Å². The van der Waals surface area contributed by atoms with Gasteiger partial charge >= 0.3 is 0 Å². The van der Waals surface area contributed by atoms with E-state index in [4.69, 9.17) is 0 Å². The molecule has 6 heteroatoms. The molecule has 26 heavy (non-hydrogen) atoms. The van der Waals surface area contributed by atoms with Crippen LogP contribution in [0.15, 0.2) is 18.2 Å². The van der Waals surface area contributed by atoms with Crippen LogP contribution in [0.5, 0.6) is 0 Å². The lowest BCUT2D eigenvalue weighted by atomic mass is 10.0. The highest BCUT2D eigenvalue weighted by molar-refractivity contribution is 6.24. The molecule has 0 radical (unpaired) electrons. The maximum Gasteiger partial charge on any atom is 0.263 e. The van der Waals surface area contributed by atoms with Gasteiger partial charge in [0.15, 0.2) is 0 Å². The SMILES string of the molecule is CCCCCC#Cc1cccc2c1C(=O)N(C1CCC(=O)NC1=O)C2=O. The van der Waals surface area contributed by atoms with Crippen LogP contribution in [0.3, 0.4) is 0 Å². The number of hydrogen-bond acceptors (Lipinski definition) is 4. The van der Waals surface area contributed by atoms with Crippen LogP contribution in [0.2, 0.25) is 0 Å². The molecule has 2 aliphatic heterocycles. The first kappa shape index (κ1) is 17.9. The van der Waals surface area contributed by atoms with Crippen LogP contribution >= 0.6 is 0 Å².